The second-order valence-corrected chi connectivity index (χ2v) is 6.12. The van der Waals surface area contributed by atoms with Crippen LogP contribution < -0.4 is 14.8 Å². The van der Waals surface area contributed by atoms with Crippen molar-refractivity contribution in [2.24, 2.45) is 0 Å². The number of hydrogen-bond donors (Lipinski definition) is 1. The Kier molecular flexibility index (Phi) is 5.51. The molecule has 0 fully saturated rings. The van der Waals surface area contributed by atoms with Gasteiger partial charge in [0, 0.05) is 18.4 Å². The Balaban J connectivity index is 1.52. The van der Waals surface area contributed by atoms with Crippen LogP contribution >= 0.6 is 0 Å². The molecule has 1 N–H and O–H groups in total. The van der Waals surface area contributed by atoms with Crippen LogP contribution in [-0.2, 0) is 4.79 Å². The van der Waals surface area contributed by atoms with Crippen LogP contribution in [0.15, 0.2) is 42.5 Å². The maximum Gasteiger partial charge on any atom is 0.220 e. The number of hydrogen-bond acceptors (Lipinski definition) is 4. The van der Waals surface area contributed by atoms with Gasteiger partial charge in [0.1, 0.15) is 19.0 Å². The molecular weight excluding hydrogens is 337 g/mol. The van der Waals surface area contributed by atoms with Crippen molar-refractivity contribution < 1.29 is 23.5 Å². The molecule has 6 heteroatoms. The minimum absolute atomic E-state index is 0.0745. The van der Waals surface area contributed by atoms with Gasteiger partial charge in [-0.3, -0.25) is 9.59 Å². The summed E-state index contributed by atoms with van der Waals surface area (Å²) >= 11 is 0. The molecule has 0 aromatic heterocycles. The number of benzene rings is 2. The van der Waals surface area contributed by atoms with Crippen molar-refractivity contribution in [3.8, 4) is 11.5 Å². The first-order valence-electron chi connectivity index (χ1n) is 8.50. The molecule has 5 nitrogen and oxygen atoms in total. The van der Waals surface area contributed by atoms with Gasteiger partial charge < -0.3 is 14.8 Å². The van der Waals surface area contributed by atoms with Gasteiger partial charge >= 0.3 is 0 Å². The Morgan fingerprint density at radius 3 is 2.46 bits per heavy atom. The van der Waals surface area contributed by atoms with Crippen LogP contribution in [0, 0.1) is 5.82 Å². The van der Waals surface area contributed by atoms with Gasteiger partial charge in [-0.15, -0.1) is 0 Å². The summed E-state index contributed by atoms with van der Waals surface area (Å²) in [5, 5.41) is 2.87. The van der Waals surface area contributed by atoms with Crippen molar-refractivity contribution >= 4 is 11.7 Å². The van der Waals surface area contributed by atoms with Gasteiger partial charge in [-0.1, -0.05) is 6.07 Å². The van der Waals surface area contributed by atoms with Gasteiger partial charge in [-0.05, 0) is 48.9 Å². The molecule has 1 amide bonds. The van der Waals surface area contributed by atoms with E-state index in [4.69, 9.17) is 9.47 Å². The first-order chi connectivity index (χ1) is 12.5. The quantitative estimate of drug-likeness (QED) is 0.805. The summed E-state index contributed by atoms with van der Waals surface area (Å²) in [4.78, 5) is 24.2. The van der Waals surface area contributed by atoms with E-state index >= 15 is 0 Å². The number of Topliss-reactive ketones (excluding diaryl/α,β-unsaturated/α-hetero) is 1. The average molecular weight is 357 g/mol. The fraction of sp³-hybridized carbons (Fsp3) is 0.300. The molecule has 0 unspecified atom stereocenters. The normalized spacial score (nSPS) is 13.8. The fourth-order valence-corrected chi connectivity index (χ4v) is 2.73. The second-order valence-electron chi connectivity index (χ2n) is 6.12. The Morgan fingerprint density at radius 2 is 1.73 bits per heavy atom. The van der Waals surface area contributed by atoms with Crippen molar-refractivity contribution in [1.82, 2.24) is 5.32 Å². The zero-order valence-corrected chi connectivity index (χ0v) is 14.5. The van der Waals surface area contributed by atoms with Crippen LogP contribution in [0.4, 0.5) is 4.39 Å². The van der Waals surface area contributed by atoms with E-state index in [9.17, 15) is 14.0 Å². The number of halogens is 1. The van der Waals surface area contributed by atoms with Crippen LogP contribution in [0.3, 0.4) is 0 Å². The monoisotopic (exact) mass is 357 g/mol. The maximum absolute atomic E-state index is 12.9. The molecule has 1 aliphatic rings. The van der Waals surface area contributed by atoms with E-state index < -0.39 is 5.82 Å². The first-order valence-corrected chi connectivity index (χ1v) is 8.50. The summed E-state index contributed by atoms with van der Waals surface area (Å²) in [7, 11) is 0. The van der Waals surface area contributed by atoms with Crippen LogP contribution in [0.25, 0.3) is 0 Å². The van der Waals surface area contributed by atoms with E-state index in [-0.39, 0.29) is 30.6 Å². The molecule has 0 saturated carbocycles. The van der Waals surface area contributed by atoms with Crippen molar-refractivity contribution in [2.45, 2.75) is 25.8 Å². The van der Waals surface area contributed by atoms with Gasteiger partial charge in [-0.2, -0.15) is 0 Å². The van der Waals surface area contributed by atoms with Crippen molar-refractivity contribution in [2.75, 3.05) is 13.2 Å². The average Bonchev–Trinajstić information content (AvgIpc) is 2.66. The molecule has 136 valence electrons. The number of carbonyl (C=O) groups is 2. The lowest BCUT2D eigenvalue weighted by atomic mass is 10.1. The van der Waals surface area contributed by atoms with E-state index in [0.29, 0.717) is 30.3 Å². The highest BCUT2D eigenvalue weighted by atomic mass is 19.1. The van der Waals surface area contributed by atoms with E-state index in [1.54, 1.807) is 0 Å². The summed E-state index contributed by atoms with van der Waals surface area (Å²) in [5.41, 5.74) is 1.30. The Morgan fingerprint density at radius 1 is 1.04 bits per heavy atom. The predicted molar refractivity (Wildman–Crippen MR) is 94.0 cm³/mol. The molecule has 1 heterocycles. The molecular formula is C20H20FNO4. The molecule has 2 aromatic rings. The van der Waals surface area contributed by atoms with Crippen molar-refractivity contribution in [1.29, 1.82) is 0 Å². The van der Waals surface area contributed by atoms with E-state index in [2.05, 4.69) is 5.32 Å². The third-order valence-corrected chi connectivity index (χ3v) is 4.19. The molecule has 2 aromatic carbocycles. The van der Waals surface area contributed by atoms with Gasteiger partial charge in [0.25, 0.3) is 0 Å². The molecule has 0 saturated heterocycles. The Labute approximate surface area is 151 Å². The second kappa shape index (κ2) is 7.99. The molecule has 1 atom stereocenters. The summed E-state index contributed by atoms with van der Waals surface area (Å²) in [6.45, 7) is 2.90. The Bertz CT molecular complexity index is 804. The maximum atomic E-state index is 12.9. The number of amides is 1. The number of fused-ring (bicyclic) bond motifs is 1. The molecule has 1 aliphatic heterocycles. The molecule has 26 heavy (non-hydrogen) atoms. The lowest BCUT2D eigenvalue weighted by Crippen LogP contribution is -2.27. The highest BCUT2D eigenvalue weighted by Gasteiger charge is 2.16. The van der Waals surface area contributed by atoms with Crippen molar-refractivity contribution in [3.05, 3.63) is 59.4 Å². The van der Waals surface area contributed by atoms with Gasteiger partial charge in [0.15, 0.2) is 17.3 Å². The van der Waals surface area contributed by atoms with E-state index in [0.717, 1.165) is 5.56 Å². The van der Waals surface area contributed by atoms with Gasteiger partial charge in [0.2, 0.25) is 5.91 Å². The smallest absolute Gasteiger partial charge is 0.220 e. The molecule has 0 radical (unpaired) electrons. The highest BCUT2D eigenvalue weighted by molar-refractivity contribution is 5.97. The van der Waals surface area contributed by atoms with Gasteiger partial charge in [0.05, 0.1) is 6.04 Å². The van der Waals surface area contributed by atoms with Crippen LogP contribution in [0.2, 0.25) is 0 Å². The zero-order chi connectivity index (χ0) is 18.5. The summed E-state index contributed by atoms with van der Waals surface area (Å²) in [6.07, 6.45) is 0.149. The molecule has 0 aliphatic carbocycles. The first kappa shape index (κ1) is 17.9. The van der Waals surface area contributed by atoms with Gasteiger partial charge in [-0.25, -0.2) is 4.39 Å². The number of carbonyl (C=O) groups excluding carboxylic acids is 2. The number of ketones is 1. The largest absolute Gasteiger partial charge is 0.486 e. The molecule has 0 spiro atoms. The number of rotatable bonds is 6. The standard InChI is InChI=1S/C20H20FNO4/c1-13(15-4-8-18-19(12-15)26-11-10-25-18)22-20(24)9-7-17(23)14-2-5-16(21)6-3-14/h2-6,8,12-13H,7,9-11H2,1H3,(H,22,24)/t13-/m1/s1. The molecule has 3 rings (SSSR count). The summed E-state index contributed by atoms with van der Waals surface area (Å²) in [5.74, 6) is 0.562. The van der Waals surface area contributed by atoms with Crippen molar-refractivity contribution in [3.63, 3.8) is 0 Å². The van der Waals surface area contributed by atoms with E-state index in [1.807, 2.05) is 25.1 Å². The fourth-order valence-electron chi connectivity index (χ4n) is 2.73. The minimum Gasteiger partial charge on any atom is -0.486 e. The van der Waals surface area contributed by atoms with Crippen LogP contribution in [0.5, 0.6) is 11.5 Å². The van der Waals surface area contributed by atoms with Crippen LogP contribution in [-0.4, -0.2) is 24.9 Å². The topological polar surface area (TPSA) is 64.6 Å². The number of ether oxygens (including phenoxy) is 2. The van der Waals surface area contributed by atoms with Crippen LogP contribution in [0.1, 0.15) is 41.7 Å². The lowest BCUT2D eigenvalue weighted by molar-refractivity contribution is -0.121. The predicted octanol–water partition coefficient (Wildman–Crippen LogP) is 3.44. The third kappa shape index (κ3) is 4.39. The SMILES string of the molecule is C[C@@H](NC(=O)CCC(=O)c1ccc(F)cc1)c1ccc2c(c1)OCCO2. The third-order valence-electron chi connectivity index (χ3n) is 4.19. The summed E-state index contributed by atoms with van der Waals surface area (Å²) < 4.78 is 23.9. The molecule has 0 bridgehead atoms. The number of nitrogens with one attached hydrogen (secondary N) is 1. The Hall–Kier alpha value is -2.89. The minimum atomic E-state index is -0.396. The summed E-state index contributed by atoms with van der Waals surface area (Å²) in [6, 6.07) is 10.6. The highest BCUT2D eigenvalue weighted by Crippen LogP contribution is 2.32. The van der Waals surface area contributed by atoms with E-state index in [1.165, 1.54) is 24.3 Å². The zero-order valence-electron chi connectivity index (χ0n) is 14.5. The lowest BCUT2D eigenvalue weighted by Gasteiger charge is -2.21.